The number of aromatic nitrogens is 1. The number of rotatable bonds is 24. The Morgan fingerprint density at radius 2 is 0.640 bits per heavy atom. The number of benzene rings is 7. The third-order valence-corrected chi connectivity index (χ3v) is 29.9. The Kier molecular flexibility index (Phi) is 30.8. The highest BCUT2D eigenvalue weighted by atomic mass is 19.4. The van der Waals surface area contributed by atoms with Gasteiger partial charge in [-0.3, -0.25) is 33.8 Å². The molecule has 1 heterocycles. The highest BCUT2D eigenvalue weighted by Crippen LogP contribution is 2.52. The van der Waals surface area contributed by atoms with Gasteiger partial charge in [0.15, 0.2) is 22.4 Å². The first-order chi connectivity index (χ1) is 65.4. The largest absolute Gasteiger partial charge is 0.421 e. The van der Waals surface area contributed by atoms with Crippen molar-refractivity contribution in [1.29, 1.82) is 15.8 Å². The first-order valence-electron chi connectivity index (χ1n) is 47.0. The Labute approximate surface area is 798 Å². The van der Waals surface area contributed by atoms with E-state index < -0.39 is 75.1 Å². The van der Waals surface area contributed by atoms with Crippen molar-refractivity contribution in [2.45, 2.75) is 312 Å². The van der Waals surface area contributed by atoms with Gasteiger partial charge in [-0.25, -0.2) is 4.39 Å². The molecule has 0 aliphatic heterocycles. The molecular weight excluding hydrogens is 1820 g/mol. The zero-order valence-corrected chi connectivity index (χ0v) is 77.4. The van der Waals surface area contributed by atoms with Gasteiger partial charge < -0.3 is 51.5 Å². The molecule has 16 rings (SSSR count). The maximum Gasteiger partial charge on any atom is 0.421 e. The Morgan fingerprint density at radius 3 is 0.906 bits per heavy atom. The van der Waals surface area contributed by atoms with Crippen LogP contribution >= 0.6 is 0 Å². The third-order valence-electron chi connectivity index (χ3n) is 29.9. The van der Waals surface area contributed by atoms with Crippen molar-refractivity contribution in [3.63, 3.8) is 0 Å². The van der Waals surface area contributed by atoms with E-state index in [1.165, 1.54) is 78.4 Å². The fourth-order valence-electron chi connectivity index (χ4n) is 20.2. The lowest BCUT2D eigenvalue weighted by Gasteiger charge is -2.44. The minimum Gasteiger partial charge on any atom is -0.376 e. The van der Waals surface area contributed by atoms with Gasteiger partial charge >= 0.3 is 24.7 Å². The molecule has 4 atom stereocenters. The topological polar surface area (TPSA) is 333 Å². The number of nitrogens with two attached hydrogens (primary N) is 2. The zero-order valence-electron chi connectivity index (χ0n) is 77.4. The number of nitrogens with zero attached hydrogens (tertiary/aromatic N) is 8. The van der Waals surface area contributed by atoms with E-state index in [0.29, 0.717) is 140 Å². The monoisotopic (exact) mass is 1930 g/mol. The van der Waals surface area contributed by atoms with Gasteiger partial charge in [0.1, 0.15) is 5.82 Å². The van der Waals surface area contributed by atoms with Crippen molar-refractivity contribution in [3.8, 4) is 18.2 Å². The molecule has 8 N–H and O–H groups in total. The molecule has 20 nitrogen and oxygen atoms in total. The van der Waals surface area contributed by atoms with Crippen LogP contribution in [0.25, 0.3) is 0 Å². The van der Waals surface area contributed by atoms with Crippen LogP contribution in [0.4, 0.5) is 57.1 Å². The minimum atomic E-state index is -4.85. The summed E-state index contributed by atoms with van der Waals surface area (Å²) < 4.78 is 172. The van der Waals surface area contributed by atoms with Gasteiger partial charge in [0.2, 0.25) is 11.8 Å². The number of halogens is 13. The predicted molar refractivity (Wildman–Crippen MR) is 488 cm³/mol. The number of carbonyl (C=O) groups excluding carboxylic acids is 6. The van der Waals surface area contributed by atoms with Gasteiger partial charge in [-0.2, -0.15) is 68.5 Å². The minimum absolute atomic E-state index is 0.0216. The molecule has 139 heavy (non-hydrogen) atoms. The summed E-state index contributed by atoms with van der Waals surface area (Å²) in [6.07, 6.45) is 1.96. The maximum absolute atomic E-state index is 13.9. The summed E-state index contributed by atoms with van der Waals surface area (Å²) in [5.74, 6) is -2.24. The number of hydrogen-bond acceptors (Lipinski definition) is 14. The van der Waals surface area contributed by atoms with E-state index in [4.69, 9.17) is 16.7 Å². The lowest BCUT2D eigenvalue weighted by molar-refractivity contribution is -0.259. The smallest absolute Gasteiger partial charge is 0.376 e. The molecule has 33 heteroatoms. The fourth-order valence-corrected chi connectivity index (χ4v) is 20.2. The first kappa shape index (κ1) is 104. The number of nitriles is 3. The van der Waals surface area contributed by atoms with E-state index in [-0.39, 0.29) is 117 Å². The molecule has 0 saturated heterocycles. The molecule has 8 aliphatic rings. The second kappa shape index (κ2) is 41.0. The van der Waals surface area contributed by atoms with Crippen LogP contribution in [0.15, 0.2) is 200 Å². The third kappa shape index (κ3) is 22.7. The van der Waals surface area contributed by atoms with Gasteiger partial charge in [-0.1, -0.05) is 103 Å². The van der Waals surface area contributed by atoms with Crippen molar-refractivity contribution in [3.05, 3.63) is 279 Å². The first-order valence-corrected chi connectivity index (χ1v) is 47.0. The second-order valence-electron chi connectivity index (χ2n) is 39.2. The summed E-state index contributed by atoms with van der Waals surface area (Å²) in [7, 11) is 0. The molecule has 8 aliphatic carbocycles. The van der Waals surface area contributed by atoms with Crippen molar-refractivity contribution >= 4 is 35.4 Å². The fraction of sp³-hybridized carbons (Fsp3) is 0.472. The van der Waals surface area contributed by atoms with Crippen molar-refractivity contribution < 1.29 is 106 Å². The van der Waals surface area contributed by atoms with E-state index in [9.17, 15) is 117 Å². The van der Waals surface area contributed by atoms with E-state index in [2.05, 4.69) is 35.3 Å². The molecule has 7 aromatic carbocycles. The number of pyridine rings is 1. The molecule has 0 bridgehead atoms. The lowest BCUT2D eigenvalue weighted by Crippen LogP contribution is -2.50. The number of aliphatic hydroxyl groups is 4. The number of alkyl halides is 12. The van der Waals surface area contributed by atoms with E-state index in [0.717, 1.165) is 125 Å². The van der Waals surface area contributed by atoms with Crippen LogP contribution in [0.1, 0.15) is 286 Å². The quantitative estimate of drug-likeness (QED) is 0.0306. The van der Waals surface area contributed by atoms with E-state index in [1.807, 2.05) is 57.2 Å². The van der Waals surface area contributed by atoms with Crippen LogP contribution in [-0.2, 0) is 53.7 Å². The van der Waals surface area contributed by atoms with E-state index in [1.54, 1.807) is 41.6 Å². The Balaban J connectivity index is 0.000000156. The highest BCUT2D eigenvalue weighted by molar-refractivity contribution is 5.97. The lowest BCUT2D eigenvalue weighted by atomic mass is 9.65. The summed E-state index contributed by atoms with van der Waals surface area (Å²) in [4.78, 5) is 89.1. The Bertz CT molecular complexity index is 5790. The van der Waals surface area contributed by atoms with Gasteiger partial charge in [0.25, 0.3) is 23.6 Å². The Morgan fingerprint density at radius 1 is 0.360 bits per heavy atom. The average Bonchev–Trinajstić information content (AvgIpc) is 1.34. The van der Waals surface area contributed by atoms with Gasteiger partial charge in [0, 0.05) is 89.4 Å². The number of primary amides is 2. The van der Waals surface area contributed by atoms with Crippen molar-refractivity contribution in [1.82, 2.24) is 24.6 Å². The van der Waals surface area contributed by atoms with Crippen LogP contribution in [0, 0.1) is 39.8 Å². The molecule has 0 unspecified atom stereocenters. The molecule has 8 aromatic rings. The molecule has 1 aromatic heterocycles. The summed E-state index contributed by atoms with van der Waals surface area (Å²) in [5.41, 5.74) is 0.688. The zero-order chi connectivity index (χ0) is 101. The standard InChI is InChI=1S/C28H33F3N2O3.C27H26F3N3O2.C26H28F4N2O3.C25H26F3N3O2/c1-26(36,28(29,30)31)20-9-7-19(8-10-20)25(35)33(22-11-12-22)23-13-16-27(17-14-23,18-15-24(32)34)21-5-3-2-4-6-21;1-25(35,27(28,29)30)20-8-4-19(5-9-20)24(34)33(22-10-11-22)23-12-14-26(17-32,15-13-23)21-6-2-18(16-31)3-7-21;1-24(35,26(28,29)30)17-7-5-16(6-8-17)22(33)32(20-9-10-20)21-11-13-25(14-12-21,23(31)34)18-3-2-4-19(27)15-18;1-23(33,25(26,27)28)18-4-2-17(3-5-18)22(32)31(20-6-7-20)21-8-12-24(16-29,13-9-21)19-10-14-30-15-11-19/h2-10,22-23,36H,11-18H2,1H3,(H2,32,34);2-9,22-23,35H,10-15H2,1H3;2-8,15,20-21,35H,9-14H2,1H3,(H2,31,34);2-5,10-11,14-15,20-21,33H,6-9,12-13H2,1H3/t23?,26-,27?;23?,25-,26?;21?,24-,25?;21?,23-,24?/m0000/s1. The van der Waals surface area contributed by atoms with Gasteiger partial charge in [0.05, 0.1) is 40.0 Å². The molecule has 8 fully saturated rings. The molecule has 8 saturated carbocycles. The van der Waals surface area contributed by atoms with Crippen LogP contribution in [-0.4, -0.2) is 153 Å². The molecule has 0 spiro atoms. The highest BCUT2D eigenvalue weighted by Gasteiger charge is 2.57. The van der Waals surface area contributed by atoms with Crippen LogP contribution in [0.5, 0.6) is 0 Å². The molecule has 6 amide bonds. The second-order valence-corrected chi connectivity index (χ2v) is 39.2. The summed E-state index contributed by atoms with van der Waals surface area (Å²) in [6.45, 7) is 2.77. The molecule has 0 radical (unpaired) electrons. The van der Waals surface area contributed by atoms with E-state index >= 15 is 0 Å². The number of carbonyl (C=O) groups is 6. The molecule has 738 valence electrons. The Hall–Kier alpha value is -12.1. The van der Waals surface area contributed by atoms with Crippen LogP contribution in [0.3, 0.4) is 0 Å². The number of amides is 6. The van der Waals surface area contributed by atoms with Gasteiger partial charge in [-0.05, 0) is 323 Å². The normalized spacial score (nSPS) is 24.4. The maximum atomic E-state index is 13.9. The average molecular weight is 1930 g/mol. The number of hydrogen-bond donors (Lipinski definition) is 6. The summed E-state index contributed by atoms with van der Waals surface area (Å²) in [6, 6.07) is 53.9. The van der Waals surface area contributed by atoms with Gasteiger partial charge in [-0.15, -0.1) is 0 Å². The van der Waals surface area contributed by atoms with Crippen molar-refractivity contribution in [2.75, 3.05) is 0 Å². The summed E-state index contributed by atoms with van der Waals surface area (Å²) in [5, 5.41) is 68.6. The SMILES string of the molecule is C[C@](O)(c1ccc(C(=O)N(C2CC2)C2CCC(C#N)(c3ccc(C#N)cc3)CC2)cc1)C(F)(F)F.C[C@](O)(c1ccc(C(=O)N(C2CC2)C2CCC(C#N)(c3ccncc3)CC2)cc1)C(F)(F)F.C[C@](O)(c1ccc(C(=O)N(C2CC2)C2CCC(C(N)=O)(c3cccc(F)c3)CC2)cc1)C(F)(F)F.C[C@](O)(c1ccc(C(=O)N(C2CC2)C2CCC(CCC(N)=O)(c3ccccc3)CC2)cc1)C(F)(F)F. The van der Waals surface area contributed by atoms with Crippen LogP contribution < -0.4 is 11.5 Å². The van der Waals surface area contributed by atoms with Crippen molar-refractivity contribution in [2.24, 2.45) is 11.5 Å². The summed E-state index contributed by atoms with van der Waals surface area (Å²) >= 11 is 0. The van der Waals surface area contributed by atoms with Crippen LogP contribution in [0.2, 0.25) is 0 Å². The molecular formula is C106H113F13N10O10. The predicted octanol–water partition coefficient (Wildman–Crippen LogP) is 20.0.